The van der Waals surface area contributed by atoms with Gasteiger partial charge in [0.2, 0.25) is 0 Å². The van der Waals surface area contributed by atoms with Gasteiger partial charge in [-0.3, -0.25) is 4.99 Å². The van der Waals surface area contributed by atoms with Crippen molar-refractivity contribution >= 4 is 17.5 Å². The van der Waals surface area contributed by atoms with Crippen molar-refractivity contribution in [1.82, 2.24) is 5.32 Å². The maximum atomic E-state index is 7.68. The smallest absolute Gasteiger partial charge is 0.192 e. The van der Waals surface area contributed by atoms with Gasteiger partial charge < -0.3 is 10.1 Å². The van der Waals surface area contributed by atoms with Gasteiger partial charge in [-0.05, 0) is 61.6 Å². The molecule has 5 rings (SSSR count). The second-order valence-electron chi connectivity index (χ2n) is 7.41. The summed E-state index contributed by atoms with van der Waals surface area (Å²) in [6.45, 7) is -1.13. The highest BCUT2D eigenvalue weighted by atomic mass is 32.2. The largest absolute Gasteiger partial charge is 0.472 e. The number of hydrogen-bond acceptors (Lipinski definition) is 4. The standard InChI is InChI=1S/C19H26N2OS/c1-11-5-6-13-12-3-2-4-15(18(12)22-19(13)21-11)17-14-8-10-23-16(14)7-9-20-17/h7,12-14,17,19-20H,2-6,8-10H2,1H3/t12?,13?,14?,17-,19?/m1/s1/i1D3. The molecular formula is C19H26N2OS. The molecule has 5 atom stereocenters. The minimum absolute atomic E-state index is 0.274. The van der Waals surface area contributed by atoms with Gasteiger partial charge >= 0.3 is 0 Å². The Kier molecular flexibility index (Phi) is 2.89. The van der Waals surface area contributed by atoms with Gasteiger partial charge in [0.15, 0.2) is 6.23 Å². The van der Waals surface area contributed by atoms with Crippen LogP contribution in [-0.2, 0) is 4.74 Å². The number of nitrogens with zero attached hydrogens (tertiary/aromatic N) is 1. The molecule has 0 aromatic carbocycles. The molecule has 1 aliphatic carbocycles. The highest BCUT2D eigenvalue weighted by Crippen LogP contribution is 2.51. The van der Waals surface area contributed by atoms with Crippen molar-refractivity contribution in [3.05, 3.63) is 22.3 Å². The molecule has 0 aromatic rings. The van der Waals surface area contributed by atoms with Gasteiger partial charge in [0.05, 0.1) is 0 Å². The quantitative estimate of drug-likeness (QED) is 0.791. The van der Waals surface area contributed by atoms with E-state index in [0.29, 0.717) is 35.9 Å². The highest BCUT2D eigenvalue weighted by molar-refractivity contribution is 8.03. The first-order chi connectivity index (χ1) is 12.5. The molecule has 124 valence electrons. The topological polar surface area (TPSA) is 33.6 Å². The van der Waals surface area contributed by atoms with Gasteiger partial charge in [0.1, 0.15) is 5.76 Å². The van der Waals surface area contributed by atoms with Crippen molar-refractivity contribution in [1.29, 1.82) is 0 Å². The van der Waals surface area contributed by atoms with Gasteiger partial charge in [-0.15, -0.1) is 11.8 Å². The Hall–Kier alpha value is -0.740. The molecule has 0 aromatic heterocycles. The van der Waals surface area contributed by atoms with E-state index >= 15 is 0 Å². The normalized spacial score (nSPS) is 44.9. The summed E-state index contributed by atoms with van der Waals surface area (Å²) in [5.41, 5.74) is 1.81. The Balaban J connectivity index is 1.47. The molecule has 3 nitrogen and oxygen atoms in total. The van der Waals surface area contributed by atoms with Crippen LogP contribution in [0.25, 0.3) is 0 Å². The van der Waals surface area contributed by atoms with E-state index in [9.17, 15) is 0 Å². The first kappa shape index (κ1) is 11.8. The molecule has 0 bridgehead atoms. The fourth-order valence-corrected chi connectivity index (χ4v) is 6.45. The lowest BCUT2D eigenvalue weighted by molar-refractivity contribution is 0.127. The monoisotopic (exact) mass is 333 g/mol. The SMILES string of the molecule is [2H]C([2H])([2H])C1=NC2OC3=C([C@@H]4NCC=C5SCCC54)CCCC3C2CC1. The Morgan fingerprint density at radius 2 is 2.30 bits per heavy atom. The number of fused-ring (bicyclic) bond motifs is 4. The van der Waals surface area contributed by atoms with E-state index in [1.807, 2.05) is 11.8 Å². The van der Waals surface area contributed by atoms with Crippen molar-refractivity contribution in [3.63, 3.8) is 0 Å². The van der Waals surface area contributed by atoms with Crippen LogP contribution >= 0.6 is 11.8 Å². The molecule has 2 saturated heterocycles. The number of hydrogen-bond donors (Lipinski definition) is 1. The van der Waals surface area contributed by atoms with Crippen LogP contribution in [0.2, 0.25) is 0 Å². The fourth-order valence-electron chi connectivity index (χ4n) is 5.18. The molecule has 0 spiro atoms. The summed E-state index contributed by atoms with van der Waals surface area (Å²) < 4.78 is 29.4. The van der Waals surface area contributed by atoms with Gasteiger partial charge in [-0.2, -0.15) is 0 Å². The molecular weight excluding hydrogens is 304 g/mol. The van der Waals surface area contributed by atoms with E-state index in [-0.39, 0.29) is 6.23 Å². The van der Waals surface area contributed by atoms with Crippen molar-refractivity contribution in [3.8, 4) is 0 Å². The van der Waals surface area contributed by atoms with Crippen LogP contribution in [0.4, 0.5) is 0 Å². The van der Waals surface area contributed by atoms with Crippen molar-refractivity contribution in [2.45, 2.75) is 57.6 Å². The minimum atomic E-state index is -2.08. The summed E-state index contributed by atoms with van der Waals surface area (Å²) >= 11 is 2.02. The Bertz CT molecular complexity index is 699. The number of ether oxygens (including phenoxy) is 1. The zero-order valence-corrected chi connectivity index (χ0v) is 14.2. The van der Waals surface area contributed by atoms with E-state index in [0.717, 1.165) is 31.6 Å². The second kappa shape index (κ2) is 5.66. The average Bonchev–Trinajstić information content (AvgIpc) is 3.24. The third-order valence-corrected chi connectivity index (χ3v) is 7.47. The summed E-state index contributed by atoms with van der Waals surface area (Å²) in [4.78, 5) is 6.10. The average molecular weight is 334 g/mol. The van der Waals surface area contributed by atoms with Crippen LogP contribution in [0, 0.1) is 17.8 Å². The summed E-state index contributed by atoms with van der Waals surface area (Å²) in [5.74, 6) is 3.79. The number of allylic oxidation sites excluding steroid dienone is 1. The van der Waals surface area contributed by atoms with Crippen LogP contribution in [0.1, 0.15) is 49.5 Å². The Morgan fingerprint density at radius 3 is 3.26 bits per heavy atom. The minimum Gasteiger partial charge on any atom is -0.472 e. The lowest BCUT2D eigenvalue weighted by atomic mass is 9.75. The zero-order valence-electron chi connectivity index (χ0n) is 16.4. The van der Waals surface area contributed by atoms with Crippen LogP contribution in [0.15, 0.2) is 27.3 Å². The maximum Gasteiger partial charge on any atom is 0.192 e. The molecule has 4 aliphatic heterocycles. The van der Waals surface area contributed by atoms with Gasteiger partial charge in [-0.1, -0.05) is 6.08 Å². The Labute approximate surface area is 147 Å². The first-order valence-electron chi connectivity index (χ1n) is 10.6. The highest BCUT2D eigenvalue weighted by Gasteiger charge is 2.47. The molecule has 4 heteroatoms. The molecule has 0 radical (unpaired) electrons. The van der Waals surface area contributed by atoms with E-state index < -0.39 is 6.85 Å². The number of nitrogens with one attached hydrogen (secondary N) is 1. The third kappa shape index (κ3) is 2.32. The third-order valence-electron chi connectivity index (χ3n) is 6.22. The molecule has 23 heavy (non-hydrogen) atoms. The summed E-state index contributed by atoms with van der Waals surface area (Å²) in [6, 6.07) is 0.397. The van der Waals surface area contributed by atoms with Gasteiger partial charge in [-0.25, -0.2) is 0 Å². The fraction of sp³-hybridized carbons (Fsp3) is 0.737. The van der Waals surface area contributed by atoms with E-state index in [4.69, 9.17) is 8.85 Å². The van der Waals surface area contributed by atoms with E-state index in [2.05, 4.69) is 16.4 Å². The number of thioether (sulfide) groups is 1. The maximum absolute atomic E-state index is 7.68. The summed E-state index contributed by atoms with van der Waals surface area (Å²) in [6.07, 6.45) is 8.28. The predicted octanol–water partition coefficient (Wildman–Crippen LogP) is 3.88. The molecule has 1 N–H and O–H groups in total. The Morgan fingerprint density at radius 1 is 1.30 bits per heavy atom. The van der Waals surface area contributed by atoms with Gasteiger partial charge in [0, 0.05) is 40.2 Å². The molecule has 5 aliphatic rings. The first-order valence-corrected chi connectivity index (χ1v) is 10.0. The summed E-state index contributed by atoms with van der Waals surface area (Å²) in [7, 11) is 0. The number of rotatable bonds is 1. The molecule has 0 saturated carbocycles. The van der Waals surface area contributed by atoms with Gasteiger partial charge in [0.25, 0.3) is 0 Å². The van der Waals surface area contributed by atoms with E-state index in [1.165, 1.54) is 24.2 Å². The molecule has 0 amide bonds. The molecule has 2 fully saturated rings. The zero-order chi connectivity index (χ0) is 17.9. The van der Waals surface area contributed by atoms with Crippen LogP contribution in [0.3, 0.4) is 0 Å². The van der Waals surface area contributed by atoms with Crippen molar-refractivity contribution < 1.29 is 8.85 Å². The summed E-state index contributed by atoms with van der Waals surface area (Å²) in [5, 5.41) is 3.73. The lowest BCUT2D eigenvalue weighted by Gasteiger charge is -2.35. The van der Waals surface area contributed by atoms with Crippen molar-refractivity contribution in [2.24, 2.45) is 22.7 Å². The van der Waals surface area contributed by atoms with Crippen LogP contribution in [-0.4, -0.2) is 30.3 Å². The second-order valence-corrected chi connectivity index (χ2v) is 8.58. The molecule has 4 heterocycles. The van der Waals surface area contributed by atoms with E-state index in [1.54, 1.807) is 4.91 Å². The lowest BCUT2D eigenvalue weighted by Crippen LogP contribution is -2.42. The van der Waals surface area contributed by atoms with Crippen LogP contribution < -0.4 is 5.32 Å². The molecule has 4 unspecified atom stereocenters. The predicted molar refractivity (Wildman–Crippen MR) is 95.5 cm³/mol. The number of aliphatic imine (C=N–C) groups is 1. The van der Waals surface area contributed by atoms with Crippen LogP contribution in [0.5, 0.6) is 0 Å². The van der Waals surface area contributed by atoms with Crippen molar-refractivity contribution in [2.75, 3.05) is 12.3 Å².